The maximum Gasteiger partial charge on any atom is 0.242 e. The lowest BCUT2D eigenvalue weighted by atomic mass is 9.47. The van der Waals surface area contributed by atoms with E-state index in [4.69, 9.17) is 0 Å². The average Bonchev–Trinajstić information content (AvgIpc) is 3.12. The van der Waals surface area contributed by atoms with Gasteiger partial charge in [0.25, 0.3) is 0 Å². The van der Waals surface area contributed by atoms with Gasteiger partial charge in [-0.2, -0.15) is 0 Å². The predicted octanol–water partition coefficient (Wildman–Crippen LogP) is 3.74. The molecular formula is C27H45N3O3. The molecule has 0 radical (unpaired) electrons. The Morgan fingerprint density at radius 3 is 2.39 bits per heavy atom. The third-order valence-electron chi connectivity index (χ3n) is 10.5. The number of likely N-dealkylation sites (N-methyl/N-ethyl adjacent to an activating group) is 1. The van der Waals surface area contributed by atoms with Crippen LogP contribution in [0, 0.1) is 40.4 Å². The summed E-state index contributed by atoms with van der Waals surface area (Å²) in [4.78, 5) is 40.4. The highest BCUT2D eigenvalue weighted by Gasteiger charge is 2.62. The van der Waals surface area contributed by atoms with Crippen molar-refractivity contribution in [3.8, 4) is 0 Å². The normalized spacial score (nSPS) is 41.1. The Hall–Kier alpha value is -1.59. The molecular weight excluding hydrogens is 414 g/mol. The monoisotopic (exact) mass is 459 g/mol. The molecule has 1 saturated heterocycles. The standard InChI is InChI=1S/C27H45N3O3/c1-16(2)15-21(25(33)28-5)29-24(32)20-9-8-18-17-7-10-22-27(4,14-12-23(31)30(22)6)19(17)11-13-26(18,20)3/h16-22H,7-15H2,1-6H3,(H,28,33)(H,29,32)/t17-,18-,19-,20+,21-,22+,26-,27+/m0/s1. The van der Waals surface area contributed by atoms with Gasteiger partial charge in [-0.05, 0) is 85.9 Å². The number of rotatable bonds is 5. The molecule has 186 valence electrons. The highest BCUT2D eigenvalue weighted by Crippen LogP contribution is 2.66. The molecule has 0 aromatic heterocycles. The van der Waals surface area contributed by atoms with Crippen LogP contribution in [0.5, 0.6) is 0 Å². The Balaban J connectivity index is 1.51. The molecule has 33 heavy (non-hydrogen) atoms. The van der Waals surface area contributed by atoms with Crippen LogP contribution in [0.4, 0.5) is 0 Å². The summed E-state index contributed by atoms with van der Waals surface area (Å²) in [6.45, 7) is 8.97. The van der Waals surface area contributed by atoms with E-state index in [1.807, 2.05) is 11.9 Å². The highest BCUT2D eigenvalue weighted by molar-refractivity contribution is 5.88. The third-order valence-corrected chi connectivity index (χ3v) is 10.5. The molecule has 0 unspecified atom stereocenters. The van der Waals surface area contributed by atoms with E-state index in [9.17, 15) is 14.4 Å². The summed E-state index contributed by atoms with van der Waals surface area (Å²) in [5.41, 5.74) is 0.213. The van der Waals surface area contributed by atoms with Crippen molar-refractivity contribution in [3.05, 3.63) is 0 Å². The van der Waals surface area contributed by atoms with Crippen molar-refractivity contribution in [3.63, 3.8) is 0 Å². The smallest absolute Gasteiger partial charge is 0.242 e. The molecule has 3 saturated carbocycles. The maximum atomic E-state index is 13.5. The summed E-state index contributed by atoms with van der Waals surface area (Å²) >= 11 is 0. The molecule has 0 spiro atoms. The summed E-state index contributed by atoms with van der Waals surface area (Å²) in [5, 5.41) is 5.86. The van der Waals surface area contributed by atoms with E-state index in [0.717, 1.165) is 38.5 Å². The van der Waals surface area contributed by atoms with Gasteiger partial charge >= 0.3 is 0 Å². The minimum atomic E-state index is -0.453. The lowest BCUT2D eigenvalue weighted by molar-refractivity contribution is -0.159. The Bertz CT molecular complexity index is 797. The molecule has 2 N–H and O–H groups in total. The first-order valence-corrected chi connectivity index (χ1v) is 13.3. The number of fused-ring (bicyclic) bond motifs is 5. The van der Waals surface area contributed by atoms with Gasteiger partial charge < -0.3 is 15.5 Å². The molecule has 3 amide bonds. The quantitative estimate of drug-likeness (QED) is 0.657. The van der Waals surface area contributed by atoms with E-state index >= 15 is 0 Å². The zero-order valence-corrected chi connectivity index (χ0v) is 21.6. The molecule has 0 aromatic carbocycles. The number of amides is 3. The van der Waals surface area contributed by atoms with Crippen molar-refractivity contribution in [1.29, 1.82) is 0 Å². The summed E-state index contributed by atoms with van der Waals surface area (Å²) < 4.78 is 0. The van der Waals surface area contributed by atoms with E-state index < -0.39 is 6.04 Å². The van der Waals surface area contributed by atoms with Crippen molar-refractivity contribution in [1.82, 2.24) is 15.5 Å². The van der Waals surface area contributed by atoms with Crippen LogP contribution in [0.3, 0.4) is 0 Å². The minimum absolute atomic E-state index is 0.00983. The molecule has 4 rings (SSSR count). The first-order valence-electron chi connectivity index (χ1n) is 13.3. The molecule has 6 heteroatoms. The molecule has 0 bridgehead atoms. The number of likely N-dealkylation sites (tertiary alicyclic amines) is 1. The van der Waals surface area contributed by atoms with E-state index in [0.29, 0.717) is 48.5 Å². The molecule has 4 fully saturated rings. The van der Waals surface area contributed by atoms with Crippen molar-refractivity contribution < 1.29 is 14.4 Å². The van der Waals surface area contributed by atoms with Crippen LogP contribution in [0.2, 0.25) is 0 Å². The fraction of sp³-hybridized carbons (Fsp3) is 0.889. The number of nitrogens with one attached hydrogen (secondary N) is 2. The number of carbonyl (C=O) groups is 3. The van der Waals surface area contributed by atoms with Crippen LogP contribution < -0.4 is 10.6 Å². The molecule has 8 atom stereocenters. The maximum absolute atomic E-state index is 13.5. The fourth-order valence-electron chi connectivity index (χ4n) is 8.73. The summed E-state index contributed by atoms with van der Waals surface area (Å²) in [6, 6.07) is -0.0830. The summed E-state index contributed by atoms with van der Waals surface area (Å²) in [5.74, 6) is 2.48. The van der Waals surface area contributed by atoms with E-state index in [-0.39, 0.29) is 28.6 Å². The Kier molecular flexibility index (Phi) is 6.60. The largest absolute Gasteiger partial charge is 0.357 e. The van der Waals surface area contributed by atoms with Crippen molar-refractivity contribution >= 4 is 17.7 Å². The Morgan fingerprint density at radius 1 is 1.03 bits per heavy atom. The second-order valence-electron chi connectivity index (χ2n) is 12.5. The molecule has 1 aliphatic heterocycles. The lowest BCUT2D eigenvalue weighted by Gasteiger charge is -2.61. The number of nitrogens with zero attached hydrogens (tertiary/aromatic N) is 1. The van der Waals surface area contributed by atoms with Gasteiger partial charge in [-0.25, -0.2) is 0 Å². The fourth-order valence-corrected chi connectivity index (χ4v) is 8.73. The van der Waals surface area contributed by atoms with Gasteiger partial charge in [0, 0.05) is 32.5 Å². The Labute approximate surface area is 200 Å². The van der Waals surface area contributed by atoms with Crippen LogP contribution in [0.1, 0.15) is 85.5 Å². The third kappa shape index (κ3) is 3.99. The number of hydrogen-bond acceptors (Lipinski definition) is 3. The Morgan fingerprint density at radius 2 is 1.73 bits per heavy atom. The van der Waals surface area contributed by atoms with Crippen LogP contribution >= 0.6 is 0 Å². The second kappa shape index (κ2) is 8.88. The minimum Gasteiger partial charge on any atom is -0.357 e. The number of hydrogen-bond donors (Lipinski definition) is 2. The molecule has 1 heterocycles. The number of carbonyl (C=O) groups excluding carboxylic acids is 3. The van der Waals surface area contributed by atoms with Gasteiger partial charge in [0.2, 0.25) is 17.7 Å². The van der Waals surface area contributed by atoms with Crippen molar-refractivity contribution in [2.75, 3.05) is 14.1 Å². The second-order valence-corrected chi connectivity index (χ2v) is 12.5. The van der Waals surface area contributed by atoms with Crippen molar-refractivity contribution in [2.24, 2.45) is 40.4 Å². The first kappa shape index (κ1) is 24.5. The van der Waals surface area contributed by atoms with Crippen molar-refractivity contribution in [2.45, 2.75) is 97.6 Å². The topological polar surface area (TPSA) is 78.5 Å². The molecule has 4 aliphatic rings. The SMILES string of the molecule is CNC(=O)[C@H](CC(C)C)NC(=O)[C@H]1CC[C@H]2[C@@H]3CC[C@H]4N(C)C(=O)CC[C@]4(C)[C@H]3CC[C@]12C. The van der Waals surface area contributed by atoms with Crippen LogP contribution in [0.15, 0.2) is 0 Å². The van der Waals surface area contributed by atoms with E-state index in [1.165, 1.54) is 6.42 Å². The highest BCUT2D eigenvalue weighted by atomic mass is 16.2. The summed E-state index contributed by atoms with van der Waals surface area (Å²) in [7, 11) is 3.65. The molecule has 6 nitrogen and oxygen atoms in total. The average molecular weight is 460 g/mol. The van der Waals surface area contributed by atoms with Crippen LogP contribution in [-0.4, -0.2) is 48.8 Å². The van der Waals surface area contributed by atoms with Gasteiger partial charge in [-0.15, -0.1) is 0 Å². The van der Waals surface area contributed by atoms with Gasteiger partial charge in [0.1, 0.15) is 6.04 Å². The van der Waals surface area contributed by atoms with Crippen LogP contribution in [0.25, 0.3) is 0 Å². The number of piperidine rings is 1. The lowest BCUT2D eigenvalue weighted by Crippen LogP contribution is -2.61. The molecule has 3 aliphatic carbocycles. The zero-order chi connectivity index (χ0) is 24.1. The summed E-state index contributed by atoms with van der Waals surface area (Å²) in [6.07, 6.45) is 8.88. The first-order chi connectivity index (χ1) is 15.5. The van der Waals surface area contributed by atoms with Gasteiger partial charge in [0.15, 0.2) is 0 Å². The van der Waals surface area contributed by atoms with Gasteiger partial charge in [-0.3, -0.25) is 14.4 Å². The predicted molar refractivity (Wildman–Crippen MR) is 129 cm³/mol. The van der Waals surface area contributed by atoms with Crippen LogP contribution in [-0.2, 0) is 14.4 Å². The van der Waals surface area contributed by atoms with E-state index in [1.54, 1.807) is 7.05 Å². The zero-order valence-electron chi connectivity index (χ0n) is 21.6. The van der Waals surface area contributed by atoms with E-state index in [2.05, 4.69) is 38.3 Å². The van der Waals surface area contributed by atoms with Gasteiger partial charge in [0.05, 0.1) is 0 Å². The van der Waals surface area contributed by atoms with Gasteiger partial charge in [-0.1, -0.05) is 27.7 Å². The molecule has 0 aromatic rings.